The summed E-state index contributed by atoms with van der Waals surface area (Å²) in [6, 6.07) is 7.10. The predicted octanol–water partition coefficient (Wildman–Crippen LogP) is 0.589. The molecule has 2 amide bonds. The van der Waals surface area contributed by atoms with Crippen molar-refractivity contribution in [3.05, 3.63) is 29.8 Å². The van der Waals surface area contributed by atoms with E-state index in [1.54, 1.807) is 36.3 Å². The van der Waals surface area contributed by atoms with Crippen molar-refractivity contribution in [2.45, 2.75) is 6.42 Å². The number of benzene rings is 1. The lowest BCUT2D eigenvalue weighted by molar-refractivity contribution is -0.132. The van der Waals surface area contributed by atoms with Gasteiger partial charge in [0.2, 0.25) is 5.91 Å². The highest BCUT2D eigenvalue weighted by Gasteiger charge is 2.24. The highest BCUT2D eigenvalue weighted by Crippen LogP contribution is 2.14. The first-order valence-corrected chi connectivity index (χ1v) is 7.51. The monoisotopic (exact) mass is 305 g/mol. The first-order valence-electron chi connectivity index (χ1n) is 7.51. The molecule has 1 N–H and O–H groups in total. The smallest absolute Gasteiger partial charge is 0.253 e. The summed E-state index contributed by atoms with van der Waals surface area (Å²) in [6.45, 7) is 3.05. The molecule has 6 heteroatoms. The van der Waals surface area contributed by atoms with Crippen LogP contribution in [0.2, 0.25) is 0 Å². The van der Waals surface area contributed by atoms with Crippen molar-refractivity contribution in [1.29, 1.82) is 0 Å². The molecule has 0 aliphatic carbocycles. The molecule has 1 aliphatic heterocycles. The van der Waals surface area contributed by atoms with Crippen LogP contribution in [0.15, 0.2) is 24.3 Å². The zero-order valence-corrected chi connectivity index (χ0v) is 13.2. The highest BCUT2D eigenvalue weighted by atomic mass is 16.5. The van der Waals surface area contributed by atoms with Crippen LogP contribution in [0, 0.1) is 0 Å². The van der Waals surface area contributed by atoms with E-state index in [-0.39, 0.29) is 11.8 Å². The van der Waals surface area contributed by atoms with Crippen LogP contribution in [0.3, 0.4) is 0 Å². The van der Waals surface area contributed by atoms with Gasteiger partial charge in [-0.3, -0.25) is 9.59 Å². The van der Waals surface area contributed by atoms with E-state index in [9.17, 15) is 9.59 Å². The molecule has 1 aliphatic rings. The van der Waals surface area contributed by atoms with Crippen molar-refractivity contribution in [3.63, 3.8) is 0 Å². The van der Waals surface area contributed by atoms with E-state index in [2.05, 4.69) is 5.32 Å². The highest BCUT2D eigenvalue weighted by molar-refractivity contribution is 5.94. The van der Waals surface area contributed by atoms with E-state index in [1.807, 2.05) is 11.9 Å². The Balaban J connectivity index is 1.87. The molecule has 1 fully saturated rings. The van der Waals surface area contributed by atoms with Crippen molar-refractivity contribution in [1.82, 2.24) is 15.1 Å². The van der Waals surface area contributed by atoms with Crippen LogP contribution in [0.4, 0.5) is 0 Å². The number of carbonyl (C=O) groups is 2. The number of methoxy groups -OCH3 is 1. The van der Waals surface area contributed by atoms with Gasteiger partial charge in [0, 0.05) is 44.7 Å². The first kappa shape index (κ1) is 16.3. The molecule has 1 aromatic carbocycles. The lowest BCUT2D eigenvalue weighted by Gasteiger charge is -2.35. The Morgan fingerprint density at radius 3 is 2.23 bits per heavy atom. The molecule has 6 nitrogen and oxygen atoms in total. The molecule has 0 aromatic heterocycles. The lowest BCUT2D eigenvalue weighted by Crippen LogP contribution is -2.50. The molecule has 120 valence electrons. The SMILES string of the molecule is CNCCC(=O)N1CCN(C(=O)c2ccc(OC)cc2)CC1. The topological polar surface area (TPSA) is 61.9 Å². The Morgan fingerprint density at radius 2 is 1.68 bits per heavy atom. The number of rotatable bonds is 5. The van der Waals surface area contributed by atoms with Gasteiger partial charge in [-0.1, -0.05) is 0 Å². The molecule has 1 aromatic rings. The third-order valence-electron chi connectivity index (χ3n) is 3.85. The van der Waals surface area contributed by atoms with Crippen molar-refractivity contribution in [2.24, 2.45) is 0 Å². The normalized spacial score (nSPS) is 14.8. The molecular weight excluding hydrogens is 282 g/mol. The number of nitrogens with one attached hydrogen (secondary N) is 1. The van der Waals surface area contributed by atoms with Crippen LogP contribution in [-0.2, 0) is 4.79 Å². The van der Waals surface area contributed by atoms with E-state index in [4.69, 9.17) is 4.74 Å². The fraction of sp³-hybridized carbons (Fsp3) is 0.500. The third kappa shape index (κ3) is 3.98. The molecular formula is C16H23N3O3. The summed E-state index contributed by atoms with van der Waals surface area (Å²) in [7, 11) is 3.43. The lowest BCUT2D eigenvalue weighted by atomic mass is 10.1. The number of nitrogens with zero attached hydrogens (tertiary/aromatic N) is 2. The van der Waals surface area contributed by atoms with Crippen LogP contribution in [0.1, 0.15) is 16.8 Å². The number of ether oxygens (including phenoxy) is 1. The maximum Gasteiger partial charge on any atom is 0.253 e. The van der Waals surface area contributed by atoms with Crippen molar-refractivity contribution in [2.75, 3.05) is 46.9 Å². The fourth-order valence-electron chi connectivity index (χ4n) is 2.47. The van der Waals surface area contributed by atoms with Crippen LogP contribution >= 0.6 is 0 Å². The fourth-order valence-corrected chi connectivity index (χ4v) is 2.47. The van der Waals surface area contributed by atoms with E-state index in [0.717, 1.165) is 5.75 Å². The van der Waals surface area contributed by atoms with Crippen LogP contribution in [0.25, 0.3) is 0 Å². The van der Waals surface area contributed by atoms with Gasteiger partial charge >= 0.3 is 0 Å². The average molecular weight is 305 g/mol. The van der Waals surface area contributed by atoms with Gasteiger partial charge in [0.25, 0.3) is 5.91 Å². The minimum atomic E-state index is 0.00461. The number of piperazine rings is 1. The van der Waals surface area contributed by atoms with Crippen molar-refractivity contribution in [3.8, 4) is 5.75 Å². The second-order valence-electron chi connectivity index (χ2n) is 5.26. The van der Waals surface area contributed by atoms with Crippen LogP contribution in [-0.4, -0.2) is 68.5 Å². The summed E-state index contributed by atoms with van der Waals surface area (Å²) in [5.41, 5.74) is 0.649. The van der Waals surface area contributed by atoms with Gasteiger partial charge in [0.15, 0.2) is 0 Å². The number of carbonyl (C=O) groups excluding carboxylic acids is 2. The molecule has 0 bridgehead atoms. The molecule has 0 atom stereocenters. The molecule has 0 unspecified atom stereocenters. The number of hydrogen-bond donors (Lipinski definition) is 1. The molecule has 2 rings (SSSR count). The average Bonchev–Trinajstić information content (AvgIpc) is 2.59. The molecule has 0 saturated carbocycles. The van der Waals surface area contributed by atoms with Crippen LogP contribution in [0.5, 0.6) is 5.75 Å². The summed E-state index contributed by atoms with van der Waals surface area (Å²) in [5, 5.41) is 2.97. The second kappa shape index (κ2) is 7.79. The van der Waals surface area contributed by atoms with Gasteiger partial charge in [-0.15, -0.1) is 0 Å². The van der Waals surface area contributed by atoms with Crippen molar-refractivity contribution < 1.29 is 14.3 Å². The van der Waals surface area contributed by atoms with E-state index in [1.165, 1.54) is 0 Å². The molecule has 22 heavy (non-hydrogen) atoms. The quantitative estimate of drug-likeness (QED) is 0.865. The van der Waals surface area contributed by atoms with Crippen LogP contribution < -0.4 is 10.1 Å². The Labute approximate surface area is 131 Å². The molecule has 1 heterocycles. The molecule has 0 radical (unpaired) electrons. The first-order chi connectivity index (χ1) is 10.7. The Bertz CT molecular complexity index is 508. The summed E-state index contributed by atoms with van der Waals surface area (Å²) < 4.78 is 5.09. The number of hydrogen-bond acceptors (Lipinski definition) is 4. The maximum atomic E-state index is 12.4. The standard InChI is InChI=1S/C16H23N3O3/c1-17-8-7-15(20)18-9-11-19(12-10-18)16(21)13-3-5-14(22-2)6-4-13/h3-6,17H,7-12H2,1-2H3. The summed E-state index contributed by atoms with van der Waals surface area (Å²) in [4.78, 5) is 28.0. The van der Waals surface area contributed by atoms with Gasteiger partial charge in [0.05, 0.1) is 7.11 Å². The van der Waals surface area contributed by atoms with E-state index < -0.39 is 0 Å². The third-order valence-corrected chi connectivity index (χ3v) is 3.85. The minimum Gasteiger partial charge on any atom is -0.497 e. The summed E-state index contributed by atoms with van der Waals surface area (Å²) in [6.07, 6.45) is 0.503. The second-order valence-corrected chi connectivity index (χ2v) is 5.26. The molecule has 1 saturated heterocycles. The molecule has 0 spiro atoms. The van der Waals surface area contributed by atoms with Crippen molar-refractivity contribution >= 4 is 11.8 Å². The maximum absolute atomic E-state index is 12.4. The summed E-state index contributed by atoms with van der Waals surface area (Å²) in [5.74, 6) is 0.882. The Kier molecular flexibility index (Phi) is 5.77. The minimum absolute atomic E-state index is 0.00461. The zero-order valence-electron chi connectivity index (χ0n) is 13.2. The van der Waals surface area contributed by atoms with E-state index >= 15 is 0 Å². The number of amides is 2. The van der Waals surface area contributed by atoms with Gasteiger partial charge in [0.1, 0.15) is 5.75 Å². The Morgan fingerprint density at radius 1 is 1.09 bits per heavy atom. The van der Waals surface area contributed by atoms with Gasteiger partial charge in [-0.25, -0.2) is 0 Å². The van der Waals surface area contributed by atoms with Gasteiger partial charge < -0.3 is 19.9 Å². The van der Waals surface area contributed by atoms with Gasteiger partial charge in [-0.2, -0.15) is 0 Å². The van der Waals surface area contributed by atoms with Gasteiger partial charge in [-0.05, 0) is 31.3 Å². The Hall–Kier alpha value is -2.08. The largest absolute Gasteiger partial charge is 0.497 e. The summed E-state index contributed by atoms with van der Waals surface area (Å²) >= 11 is 0. The predicted molar refractivity (Wildman–Crippen MR) is 84.0 cm³/mol. The van der Waals surface area contributed by atoms with E-state index in [0.29, 0.717) is 44.7 Å². The zero-order chi connectivity index (χ0) is 15.9.